The number of aryl methyl sites for hydroxylation is 1. The largest absolute Gasteiger partial charge is 0.313 e. The van der Waals surface area contributed by atoms with Crippen molar-refractivity contribution in [3.8, 4) is 0 Å². The smallest absolute Gasteiger partial charge is 0.240 e. The number of rotatable bonds is 7. The van der Waals surface area contributed by atoms with Crippen LogP contribution in [-0.2, 0) is 23.1 Å². The van der Waals surface area contributed by atoms with Crippen molar-refractivity contribution in [3.05, 3.63) is 35.2 Å². The maximum atomic E-state index is 12.2. The predicted molar refractivity (Wildman–Crippen MR) is 76.8 cm³/mol. The first-order chi connectivity index (χ1) is 10.0. The molecule has 1 aromatic heterocycles. The van der Waals surface area contributed by atoms with Gasteiger partial charge in [-0.2, -0.15) is 5.21 Å². The highest BCUT2D eigenvalue weighted by Gasteiger charge is 2.16. The average Bonchev–Trinajstić information content (AvgIpc) is 2.97. The van der Waals surface area contributed by atoms with Gasteiger partial charge < -0.3 is 5.32 Å². The molecule has 0 bridgehead atoms. The molecule has 8 nitrogen and oxygen atoms in total. The third kappa shape index (κ3) is 4.06. The predicted octanol–water partition coefficient (Wildman–Crippen LogP) is 0.0961. The van der Waals surface area contributed by atoms with Gasteiger partial charge in [0.15, 0.2) is 5.82 Å². The lowest BCUT2D eigenvalue weighted by molar-refractivity contribution is 0.579. The van der Waals surface area contributed by atoms with Crippen LogP contribution in [0.1, 0.15) is 23.9 Å². The second-order valence-electron chi connectivity index (χ2n) is 4.52. The van der Waals surface area contributed by atoms with Crippen LogP contribution in [-0.4, -0.2) is 35.6 Å². The SMILES string of the molecule is CCNCc1cc(S(=O)(=O)NCc2nn[nH]n2)ccc1C. The molecule has 0 atom stereocenters. The number of benzene rings is 1. The minimum absolute atomic E-state index is 0.00471. The highest BCUT2D eigenvalue weighted by atomic mass is 32.2. The van der Waals surface area contributed by atoms with Gasteiger partial charge in [0.2, 0.25) is 10.0 Å². The Bertz CT molecular complexity index is 684. The molecule has 0 aliphatic heterocycles. The summed E-state index contributed by atoms with van der Waals surface area (Å²) < 4.78 is 26.9. The maximum Gasteiger partial charge on any atom is 0.240 e. The molecule has 0 radical (unpaired) electrons. The number of nitrogens with zero attached hydrogens (tertiary/aromatic N) is 3. The van der Waals surface area contributed by atoms with Gasteiger partial charge >= 0.3 is 0 Å². The van der Waals surface area contributed by atoms with E-state index in [0.717, 1.165) is 17.7 Å². The number of sulfonamides is 1. The summed E-state index contributed by atoms with van der Waals surface area (Å²) in [6.45, 7) is 5.41. The lowest BCUT2D eigenvalue weighted by Gasteiger charge is -2.10. The van der Waals surface area contributed by atoms with E-state index < -0.39 is 10.0 Å². The number of hydrogen-bond acceptors (Lipinski definition) is 6. The first kappa shape index (κ1) is 15.5. The minimum Gasteiger partial charge on any atom is -0.313 e. The molecule has 21 heavy (non-hydrogen) atoms. The summed E-state index contributed by atoms with van der Waals surface area (Å²) in [4.78, 5) is 0.226. The van der Waals surface area contributed by atoms with E-state index >= 15 is 0 Å². The van der Waals surface area contributed by atoms with Gasteiger partial charge in [-0.1, -0.05) is 18.2 Å². The van der Waals surface area contributed by atoms with E-state index in [4.69, 9.17) is 0 Å². The molecule has 0 aliphatic rings. The van der Waals surface area contributed by atoms with Crippen molar-refractivity contribution in [2.45, 2.75) is 31.8 Å². The van der Waals surface area contributed by atoms with Crippen molar-refractivity contribution in [1.29, 1.82) is 0 Å². The van der Waals surface area contributed by atoms with E-state index in [9.17, 15) is 8.42 Å². The molecule has 0 amide bonds. The molecule has 0 saturated heterocycles. The summed E-state index contributed by atoms with van der Waals surface area (Å²) in [7, 11) is -3.60. The van der Waals surface area contributed by atoms with Crippen LogP contribution >= 0.6 is 0 Å². The van der Waals surface area contributed by atoms with E-state index in [0.29, 0.717) is 12.4 Å². The van der Waals surface area contributed by atoms with Gasteiger partial charge in [0.25, 0.3) is 0 Å². The number of nitrogens with one attached hydrogen (secondary N) is 3. The topological polar surface area (TPSA) is 113 Å². The number of hydrogen-bond donors (Lipinski definition) is 3. The van der Waals surface area contributed by atoms with E-state index in [-0.39, 0.29) is 11.4 Å². The second kappa shape index (κ2) is 6.74. The van der Waals surface area contributed by atoms with Crippen LogP contribution in [0.25, 0.3) is 0 Å². The fraction of sp³-hybridized carbons (Fsp3) is 0.417. The molecule has 0 saturated carbocycles. The van der Waals surface area contributed by atoms with Crippen LogP contribution in [0, 0.1) is 6.92 Å². The van der Waals surface area contributed by atoms with Gasteiger partial charge in [0.1, 0.15) is 0 Å². The zero-order valence-electron chi connectivity index (χ0n) is 11.9. The average molecular weight is 310 g/mol. The van der Waals surface area contributed by atoms with E-state index in [1.807, 2.05) is 13.8 Å². The number of tetrazole rings is 1. The summed E-state index contributed by atoms with van der Waals surface area (Å²) in [5.41, 5.74) is 2.01. The molecule has 2 aromatic rings. The molecule has 2 rings (SSSR count). The number of H-pyrrole nitrogens is 1. The summed E-state index contributed by atoms with van der Waals surface area (Å²) in [5.74, 6) is 0.290. The molecule has 114 valence electrons. The van der Waals surface area contributed by atoms with Crippen molar-refractivity contribution in [2.24, 2.45) is 0 Å². The molecule has 1 aromatic carbocycles. The van der Waals surface area contributed by atoms with Crippen molar-refractivity contribution in [2.75, 3.05) is 6.54 Å². The van der Waals surface area contributed by atoms with E-state index in [2.05, 4.69) is 30.7 Å². The summed E-state index contributed by atoms with van der Waals surface area (Å²) >= 11 is 0. The minimum atomic E-state index is -3.60. The van der Waals surface area contributed by atoms with Gasteiger partial charge in [-0.15, -0.1) is 10.2 Å². The van der Waals surface area contributed by atoms with Crippen LogP contribution in [0.5, 0.6) is 0 Å². The Morgan fingerprint density at radius 2 is 2.10 bits per heavy atom. The lowest BCUT2D eigenvalue weighted by Crippen LogP contribution is -2.24. The highest BCUT2D eigenvalue weighted by molar-refractivity contribution is 7.89. The maximum absolute atomic E-state index is 12.2. The van der Waals surface area contributed by atoms with Crippen molar-refractivity contribution in [3.63, 3.8) is 0 Å². The van der Waals surface area contributed by atoms with Gasteiger partial charge in [0.05, 0.1) is 11.4 Å². The van der Waals surface area contributed by atoms with Crippen LogP contribution in [0.4, 0.5) is 0 Å². The monoisotopic (exact) mass is 310 g/mol. The first-order valence-electron chi connectivity index (χ1n) is 6.55. The van der Waals surface area contributed by atoms with Crippen molar-refractivity contribution in [1.82, 2.24) is 30.7 Å². The van der Waals surface area contributed by atoms with Crippen LogP contribution in [0.2, 0.25) is 0 Å². The standard InChI is InChI=1S/C12H18N6O2S/c1-3-13-7-10-6-11(5-4-9(10)2)21(19,20)14-8-12-15-17-18-16-12/h4-6,13-14H,3,7-8H2,1-2H3,(H,15,16,17,18). The van der Waals surface area contributed by atoms with Crippen molar-refractivity contribution < 1.29 is 8.42 Å². The molecule has 0 fully saturated rings. The van der Waals surface area contributed by atoms with Crippen LogP contribution in [0.3, 0.4) is 0 Å². The number of aromatic amines is 1. The highest BCUT2D eigenvalue weighted by Crippen LogP contribution is 2.15. The summed E-state index contributed by atoms with van der Waals surface area (Å²) in [6, 6.07) is 5.06. The Balaban J connectivity index is 2.15. The molecule has 0 aliphatic carbocycles. The molecule has 3 N–H and O–H groups in total. The molecular weight excluding hydrogens is 292 g/mol. The second-order valence-corrected chi connectivity index (χ2v) is 6.29. The van der Waals surface area contributed by atoms with Gasteiger partial charge in [-0.05, 0) is 36.7 Å². The first-order valence-corrected chi connectivity index (χ1v) is 8.03. The zero-order valence-corrected chi connectivity index (χ0v) is 12.7. The Labute approximate surface area is 123 Å². The van der Waals surface area contributed by atoms with Gasteiger partial charge in [-0.3, -0.25) is 0 Å². The molecule has 0 unspecified atom stereocenters. The Morgan fingerprint density at radius 3 is 2.76 bits per heavy atom. The van der Waals surface area contributed by atoms with Crippen LogP contribution in [0.15, 0.2) is 23.1 Å². The summed E-state index contributed by atoms with van der Waals surface area (Å²) in [6.07, 6.45) is 0. The van der Waals surface area contributed by atoms with Gasteiger partial charge in [0, 0.05) is 6.54 Å². The number of aromatic nitrogens is 4. The fourth-order valence-corrected chi connectivity index (χ4v) is 2.80. The van der Waals surface area contributed by atoms with E-state index in [1.165, 1.54) is 0 Å². The van der Waals surface area contributed by atoms with Gasteiger partial charge in [-0.25, -0.2) is 13.1 Å². The zero-order chi connectivity index (χ0) is 15.3. The third-order valence-corrected chi connectivity index (χ3v) is 4.40. The fourth-order valence-electron chi connectivity index (χ4n) is 1.77. The Hall–Kier alpha value is -1.84. The molecular formula is C12H18N6O2S. The molecule has 1 heterocycles. The molecule has 9 heteroatoms. The third-order valence-electron chi connectivity index (χ3n) is 3.01. The summed E-state index contributed by atoms with van der Waals surface area (Å²) in [5, 5.41) is 16.2. The Kier molecular flexibility index (Phi) is 4.99. The quantitative estimate of drug-likeness (QED) is 0.668. The van der Waals surface area contributed by atoms with Crippen LogP contribution < -0.4 is 10.0 Å². The Morgan fingerprint density at radius 1 is 1.29 bits per heavy atom. The van der Waals surface area contributed by atoms with Crippen molar-refractivity contribution >= 4 is 10.0 Å². The normalized spacial score (nSPS) is 11.7. The lowest BCUT2D eigenvalue weighted by atomic mass is 10.1. The molecule has 0 spiro atoms. The van der Waals surface area contributed by atoms with E-state index in [1.54, 1.807) is 18.2 Å².